The summed E-state index contributed by atoms with van der Waals surface area (Å²) in [5.41, 5.74) is 0.768. The number of benzene rings is 1. The fraction of sp³-hybridized carbons (Fsp3) is 0.471. The quantitative estimate of drug-likeness (QED) is 0.425. The lowest BCUT2D eigenvalue weighted by Crippen LogP contribution is -2.02. The Hall–Kier alpha value is -1.97. The summed E-state index contributed by atoms with van der Waals surface area (Å²) in [6.45, 7) is 2.63. The van der Waals surface area contributed by atoms with E-state index in [2.05, 4.69) is 6.92 Å². The van der Waals surface area contributed by atoms with Crippen LogP contribution in [0.3, 0.4) is 0 Å². The van der Waals surface area contributed by atoms with Gasteiger partial charge in [-0.2, -0.15) is 0 Å². The zero-order valence-electron chi connectivity index (χ0n) is 12.8. The van der Waals surface area contributed by atoms with E-state index in [4.69, 9.17) is 9.47 Å². The number of phenolic OH excluding ortho intramolecular Hbond substituents is 1. The van der Waals surface area contributed by atoms with Gasteiger partial charge in [0.25, 0.3) is 0 Å². The van der Waals surface area contributed by atoms with E-state index >= 15 is 0 Å². The van der Waals surface area contributed by atoms with E-state index in [9.17, 15) is 9.90 Å². The lowest BCUT2D eigenvalue weighted by Gasteiger charge is -2.04. The van der Waals surface area contributed by atoms with Gasteiger partial charge >= 0.3 is 5.97 Å². The molecule has 0 saturated carbocycles. The van der Waals surface area contributed by atoms with Gasteiger partial charge in [-0.1, -0.05) is 38.7 Å². The molecule has 21 heavy (non-hydrogen) atoms. The Morgan fingerprint density at radius 2 is 2.00 bits per heavy atom. The third-order valence-corrected chi connectivity index (χ3v) is 3.11. The maximum absolute atomic E-state index is 11.5. The third-order valence-electron chi connectivity index (χ3n) is 3.11. The monoisotopic (exact) mass is 292 g/mol. The molecule has 4 nitrogen and oxygen atoms in total. The zero-order valence-corrected chi connectivity index (χ0v) is 12.8. The second-order valence-electron chi connectivity index (χ2n) is 4.85. The number of methoxy groups -OCH3 is 1. The first kappa shape index (κ1) is 17.1. The highest BCUT2D eigenvalue weighted by Crippen LogP contribution is 2.26. The third kappa shape index (κ3) is 6.84. The van der Waals surface area contributed by atoms with Gasteiger partial charge in [0.2, 0.25) is 0 Å². The van der Waals surface area contributed by atoms with Gasteiger partial charge in [-0.3, -0.25) is 0 Å². The van der Waals surface area contributed by atoms with Gasteiger partial charge in [0, 0.05) is 6.08 Å². The number of carbonyl (C=O) groups is 1. The van der Waals surface area contributed by atoms with Gasteiger partial charge in [-0.15, -0.1) is 0 Å². The van der Waals surface area contributed by atoms with Crippen LogP contribution in [0, 0.1) is 0 Å². The molecule has 0 aromatic heterocycles. The van der Waals surface area contributed by atoms with Crippen LogP contribution in [-0.4, -0.2) is 24.8 Å². The van der Waals surface area contributed by atoms with Gasteiger partial charge in [-0.05, 0) is 30.2 Å². The van der Waals surface area contributed by atoms with E-state index in [0.717, 1.165) is 18.4 Å². The molecule has 0 saturated heterocycles. The Labute approximate surface area is 126 Å². The van der Waals surface area contributed by atoms with Crippen molar-refractivity contribution in [2.45, 2.75) is 39.0 Å². The molecule has 0 atom stereocenters. The largest absolute Gasteiger partial charge is 0.504 e. The van der Waals surface area contributed by atoms with E-state index in [1.807, 2.05) is 0 Å². The summed E-state index contributed by atoms with van der Waals surface area (Å²) in [5, 5.41) is 9.48. The van der Waals surface area contributed by atoms with E-state index < -0.39 is 0 Å². The van der Waals surface area contributed by atoms with Crippen molar-refractivity contribution in [3.05, 3.63) is 29.8 Å². The van der Waals surface area contributed by atoms with Crippen molar-refractivity contribution in [3.63, 3.8) is 0 Å². The van der Waals surface area contributed by atoms with Crippen molar-refractivity contribution in [1.82, 2.24) is 0 Å². The normalized spacial score (nSPS) is 10.8. The van der Waals surface area contributed by atoms with Crippen LogP contribution in [0.15, 0.2) is 24.3 Å². The van der Waals surface area contributed by atoms with Gasteiger partial charge in [0.1, 0.15) is 0 Å². The molecular weight excluding hydrogens is 268 g/mol. The molecule has 1 rings (SSSR count). The van der Waals surface area contributed by atoms with Gasteiger partial charge < -0.3 is 14.6 Å². The molecule has 1 aromatic rings. The van der Waals surface area contributed by atoms with E-state index in [0.29, 0.717) is 12.4 Å². The van der Waals surface area contributed by atoms with Crippen molar-refractivity contribution in [3.8, 4) is 11.5 Å². The topological polar surface area (TPSA) is 55.8 Å². The molecule has 0 aliphatic heterocycles. The molecular formula is C17H24O4. The number of hydrogen-bond acceptors (Lipinski definition) is 4. The van der Waals surface area contributed by atoms with E-state index in [-0.39, 0.29) is 11.7 Å². The molecule has 0 bridgehead atoms. The Morgan fingerprint density at radius 1 is 1.24 bits per heavy atom. The maximum Gasteiger partial charge on any atom is 0.330 e. The van der Waals surface area contributed by atoms with Crippen LogP contribution in [0.5, 0.6) is 11.5 Å². The highest BCUT2D eigenvalue weighted by molar-refractivity contribution is 5.87. The number of phenols is 1. The Kier molecular flexibility index (Phi) is 8.02. The van der Waals surface area contributed by atoms with Gasteiger partial charge in [-0.25, -0.2) is 4.79 Å². The minimum atomic E-state index is -0.350. The molecule has 0 aliphatic rings. The van der Waals surface area contributed by atoms with E-state index in [1.165, 1.54) is 38.5 Å². The molecule has 0 fully saturated rings. The molecule has 1 aromatic carbocycles. The predicted molar refractivity (Wildman–Crippen MR) is 83.4 cm³/mol. The van der Waals surface area contributed by atoms with Crippen LogP contribution in [-0.2, 0) is 9.53 Å². The van der Waals surface area contributed by atoms with Crippen molar-refractivity contribution < 1.29 is 19.4 Å². The first-order valence-corrected chi connectivity index (χ1v) is 7.39. The Balaban J connectivity index is 2.33. The molecule has 0 radical (unpaired) electrons. The first-order chi connectivity index (χ1) is 10.2. The fourth-order valence-electron chi connectivity index (χ4n) is 1.89. The summed E-state index contributed by atoms with van der Waals surface area (Å²) in [6.07, 6.45) is 8.66. The Morgan fingerprint density at radius 3 is 2.71 bits per heavy atom. The summed E-state index contributed by atoms with van der Waals surface area (Å²) in [5.74, 6) is 0.100. The smallest absolute Gasteiger partial charge is 0.330 e. The highest BCUT2D eigenvalue weighted by atomic mass is 16.5. The summed E-state index contributed by atoms with van der Waals surface area (Å²) < 4.78 is 10.1. The summed E-state index contributed by atoms with van der Waals surface area (Å²) >= 11 is 0. The molecule has 0 spiro atoms. The minimum Gasteiger partial charge on any atom is -0.504 e. The summed E-state index contributed by atoms with van der Waals surface area (Å²) in [4.78, 5) is 11.5. The van der Waals surface area contributed by atoms with Crippen LogP contribution in [0.1, 0.15) is 44.6 Å². The number of unbranched alkanes of at least 4 members (excludes halogenated alkanes) is 4. The molecule has 0 amide bonds. The van der Waals surface area contributed by atoms with Crippen LogP contribution >= 0.6 is 0 Å². The highest BCUT2D eigenvalue weighted by Gasteiger charge is 2.01. The number of ether oxygens (including phenoxy) is 2. The molecule has 4 heteroatoms. The second kappa shape index (κ2) is 9.86. The molecule has 1 N–H and O–H groups in total. The first-order valence-electron chi connectivity index (χ1n) is 7.39. The van der Waals surface area contributed by atoms with Crippen molar-refractivity contribution in [2.24, 2.45) is 0 Å². The van der Waals surface area contributed by atoms with Gasteiger partial charge in [0.05, 0.1) is 13.7 Å². The van der Waals surface area contributed by atoms with Crippen LogP contribution < -0.4 is 4.74 Å². The van der Waals surface area contributed by atoms with Crippen molar-refractivity contribution >= 4 is 12.0 Å². The minimum absolute atomic E-state index is 0.0734. The van der Waals surface area contributed by atoms with E-state index in [1.54, 1.807) is 18.2 Å². The second-order valence-corrected chi connectivity index (χ2v) is 4.85. The Bertz CT molecular complexity index is 466. The number of esters is 1. The molecule has 116 valence electrons. The number of aromatic hydroxyl groups is 1. The molecule has 0 aliphatic carbocycles. The van der Waals surface area contributed by atoms with Crippen LogP contribution in [0.2, 0.25) is 0 Å². The lowest BCUT2D eigenvalue weighted by atomic mass is 10.2. The molecule has 0 unspecified atom stereocenters. The SMILES string of the molecule is CCCCCCCOC(=O)/C=C/c1ccc(O)c(OC)c1. The van der Waals surface area contributed by atoms with Crippen LogP contribution in [0.25, 0.3) is 6.08 Å². The lowest BCUT2D eigenvalue weighted by molar-refractivity contribution is -0.137. The number of rotatable bonds is 9. The zero-order chi connectivity index (χ0) is 15.5. The average Bonchev–Trinajstić information content (AvgIpc) is 2.50. The average molecular weight is 292 g/mol. The van der Waals surface area contributed by atoms with Crippen molar-refractivity contribution in [1.29, 1.82) is 0 Å². The van der Waals surface area contributed by atoms with Gasteiger partial charge in [0.15, 0.2) is 11.5 Å². The maximum atomic E-state index is 11.5. The summed E-state index contributed by atoms with van der Waals surface area (Å²) in [7, 11) is 1.48. The molecule has 0 heterocycles. The number of carbonyl (C=O) groups excluding carboxylic acids is 1. The fourth-order valence-corrected chi connectivity index (χ4v) is 1.89. The van der Waals surface area contributed by atoms with Crippen molar-refractivity contribution in [2.75, 3.05) is 13.7 Å². The standard InChI is InChI=1S/C17H24O4/c1-3-4-5-6-7-12-21-17(19)11-9-14-8-10-15(18)16(13-14)20-2/h8-11,13,18H,3-7,12H2,1-2H3/b11-9+. The predicted octanol–water partition coefficient (Wildman–Crippen LogP) is 3.93. The number of hydrogen-bond donors (Lipinski definition) is 1. The van der Waals surface area contributed by atoms with Crippen LogP contribution in [0.4, 0.5) is 0 Å². The summed E-state index contributed by atoms with van der Waals surface area (Å²) in [6, 6.07) is 4.88.